The van der Waals surface area contributed by atoms with E-state index < -0.39 is 0 Å². The van der Waals surface area contributed by atoms with Crippen molar-refractivity contribution in [1.29, 1.82) is 0 Å². The maximum atomic E-state index is 13.0. The summed E-state index contributed by atoms with van der Waals surface area (Å²) in [5.41, 5.74) is 5.01. The van der Waals surface area contributed by atoms with Gasteiger partial charge in [-0.05, 0) is 78.8 Å². The molecule has 0 unspecified atom stereocenters. The van der Waals surface area contributed by atoms with Gasteiger partial charge in [-0.1, -0.05) is 47.1 Å². The number of amides is 1. The smallest absolute Gasteiger partial charge is 0.226 e. The molecule has 2 aromatic carbocycles. The molecule has 0 aliphatic carbocycles. The van der Waals surface area contributed by atoms with Gasteiger partial charge in [-0.25, -0.2) is 0 Å². The molecular formula is C29H28BrN5OS. The third kappa shape index (κ3) is 5.45. The molecule has 188 valence electrons. The second-order valence-corrected chi connectivity index (χ2v) is 10.2. The van der Waals surface area contributed by atoms with Crippen molar-refractivity contribution >= 4 is 44.9 Å². The van der Waals surface area contributed by atoms with Gasteiger partial charge in [0, 0.05) is 46.9 Å². The summed E-state index contributed by atoms with van der Waals surface area (Å²) in [5, 5.41) is 7.18. The minimum atomic E-state index is -0.151. The molecule has 2 aromatic heterocycles. The molecule has 1 aliphatic rings. The first-order valence-corrected chi connectivity index (χ1v) is 13.5. The Morgan fingerprint density at radius 2 is 1.84 bits per heavy atom. The van der Waals surface area contributed by atoms with Crippen LogP contribution in [-0.4, -0.2) is 32.0 Å². The zero-order valence-corrected chi connectivity index (χ0v) is 22.9. The van der Waals surface area contributed by atoms with Crippen molar-refractivity contribution in [2.24, 2.45) is 0 Å². The minimum Gasteiger partial charge on any atom is -0.352 e. The van der Waals surface area contributed by atoms with Gasteiger partial charge in [0.25, 0.3) is 0 Å². The summed E-state index contributed by atoms with van der Waals surface area (Å²) in [6.07, 6.45) is 5.02. The number of aromatic nitrogens is 2. The summed E-state index contributed by atoms with van der Waals surface area (Å²) in [6, 6.07) is 25.9. The number of aryl methyl sites for hydroxylation is 1. The van der Waals surface area contributed by atoms with Gasteiger partial charge in [-0.3, -0.25) is 9.78 Å². The van der Waals surface area contributed by atoms with Crippen LogP contribution >= 0.6 is 28.1 Å². The summed E-state index contributed by atoms with van der Waals surface area (Å²) in [4.78, 5) is 19.7. The minimum absolute atomic E-state index is 0.0352. The molecule has 5 rings (SSSR count). The zero-order valence-electron chi connectivity index (χ0n) is 20.5. The maximum absolute atomic E-state index is 13.0. The van der Waals surface area contributed by atoms with Crippen LogP contribution in [0.5, 0.6) is 0 Å². The molecule has 0 radical (unpaired) electrons. The SMILES string of the molecule is CCc1ccccc1NC(=O)CCN1C(=S)N[C@H](c2ccccn2)[C@H]1c1cccn1-c1ccc(Br)cc1. The lowest BCUT2D eigenvalue weighted by molar-refractivity contribution is -0.116. The van der Waals surface area contributed by atoms with Crippen molar-refractivity contribution in [1.82, 2.24) is 19.8 Å². The normalized spacial score (nSPS) is 17.0. The Balaban J connectivity index is 1.43. The summed E-state index contributed by atoms with van der Waals surface area (Å²) < 4.78 is 3.20. The molecule has 0 spiro atoms. The van der Waals surface area contributed by atoms with E-state index in [1.807, 2.05) is 60.7 Å². The van der Waals surface area contributed by atoms with Gasteiger partial charge >= 0.3 is 0 Å². The number of carbonyl (C=O) groups excluding carboxylic acids is 1. The highest BCUT2D eigenvalue weighted by molar-refractivity contribution is 9.10. The van der Waals surface area contributed by atoms with E-state index in [1.54, 1.807) is 6.20 Å². The molecule has 8 heteroatoms. The van der Waals surface area contributed by atoms with Crippen molar-refractivity contribution in [3.8, 4) is 5.69 Å². The van der Waals surface area contributed by atoms with Crippen LogP contribution in [0.3, 0.4) is 0 Å². The number of rotatable bonds is 8. The van der Waals surface area contributed by atoms with Crippen LogP contribution in [0.1, 0.15) is 42.4 Å². The van der Waals surface area contributed by atoms with E-state index >= 15 is 0 Å². The Labute approximate surface area is 230 Å². The van der Waals surface area contributed by atoms with Crippen molar-refractivity contribution in [2.75, 3.05) is 11.9 Å². The number of halogens is 1. The number of anilines is 1. The number of nitrogens with zero attached hydrogens (tertiary/aromatic N) is 3. The summed E-state index contributed by atoms with van der Waals surface area (Å²) >= 11 is 9.33. The molecule has 1 amide bonds. The van der Waals surface area contributed by atoms with E-state index in [9.17, 15) is 4.79 Å². The number of hydrogen-bond acceptors (Lipinski definition) is 3. The van der Waals surface area contributed by atoms with E-state index in [0.717, 1.165) is 39.2 Å². The lowest BCUT2D eigenvalue weighted by Crippen LogP contribution is -2.33. The van der Waals surface area contributed by atoms with Crippen LogP contribution in [0, 0.1) is 0 Å². The monoisotopic (exact) mass is 573 g/mol. The highest BCUT2D eigenvalue weighted by Gasteiger charge is 2.41. The third-order valence-corrected chi connectivity index (χ3v) is 7.52. The average molecular weight is 575 g/mol. The second-order valence-electron chi connectivity index (χ2n) is 8.91. The topological polar surface area (TPSA) is 62.2 Å². The van der Waals surface area contributed by atoms with Crippen LogP contribution < -0.4 is 10.6 Å². The van der Waals surface area contributed by atoms with Gasteiger partial charge in [0.2, 0.25) is 5.91 Å². The first-order valence-electron chi connectivity index (χ1n) is 12.3. The molecule has 37 heavy (non-hydrogen) atoms. The largest absolute Gasteiger partial charge is 0.352 e. The van der Waals surface area contributed by atoms with E-state index in [2.05, 4.69) is 72.3 Å². The lowest BCUT2D eigenvalue weighted by atomic mass is 10.0. The Morgan fingerprint density at radius 1 is 1.05 bits per heavy atom. The quantitative estimate of drug-likeness (QED) is 0.246. The highest BCUT2D eigenvalue weighted by Crippen LogP contribution is 2.39. The van der Waals surface area contributed by atoms with E-state index in [4.69, 9.17) is 12.2 Å². The predicted octanol–water partition coefficient (Wildman–Crippen LogP) is 6.20. The first kappa shape index (κ1) is 25.2. The number of pyridine rings is 1. The number of hydrogen-bond donors (Lipinski definition) is 2. The number of carbonyl (C=O) groups is 1. The fraction of sp³-hybridized carbons (Fsp3) is 0.207. The van der Waals surface area contributed by atoms with Gasteiger partial charge in [-0.2, -0.15) is 0 Å². The fourth-order valence-corrected chi connectivity index (χ4v) is 5.42. The van der Waals surface area contributed by atoms with Crippen LogP contribution in [0.4, 0.5) is 5.69 Å². The summed E-state index contributed by atoms with van der Waals surface area (Å²) in [5.74, 6) is -0.0352. The summed E-state index contributed by atoms with van der Waals surface area (Å²) in [6.45, 7) is 2.56. The van der Waals surface area contributed by atoms with Crippen molar-refractivity contribution in [3.63, 3.8) is 0 Å². The van der Waals surface area contributed by atoms with Crippen molar-refractivity contribution in [2.45, 2.75) is 31.8 Å². The van der Waals surface area contributed by atoms with Gasteiger partial charge < -0.3 is 20.1 Å². The molecule has 3 heterocycles. The Bertz CT molecular complexity index is 1390. The second kappa shape index (κ2) is 11.3. The van der Waals surface area contributed by atoms with Crippen LogP contribution in [0.2, 0.25) is 0 Å². The lowest BCUT2D eigenvalue weighted by Gasteiger charge is -2.29. The van der Waals surface area contributed by atoms with E-state index in [0.29, 0.717) is 18.1 Å². The Morgan fingerprint density at radius 3 is 2.59 bits per heavy atom. The van der Waals surface area contributed by atoms with Gasteiger partial charge in [0.1, 0.15) is 0 Å². The maximum Gasteiger partial charge on any atom is 0.226 e. The highest BCUT2D eigenvalue weighted by atomic mass is 79.9. The first-order chi connectivity index (χ1) is 18.0. The standard InChI is InChI=1S/C29H28BrN5OS/c1-2-20-8-3-4-9-23(20)32-26(36)16-19-35-28(27(33-29(35)37)24-10-5-6-17-31-24)25-11-7-18-34(25)22-14-12-21(30)13-15-22/h3-15,17-18,27-28H,2,16,19H2,1H3,(H,32,36)(H,33,37)/t27-,28-/m1/s1. The molecule has 2 atom stereocenters. The number of nitrogens with one attached hydrogen (secondary N) is 2. The van der Waals surface area contributed by atoms with E-state index in [-0.39, 0.29) is 18.0 Å². The Hall–Kier alpha value is -3.49. The number of benzene rings is 2. The van der Waals surface area contributed by atoms with Gasteiger partial charge in [-0.15, -0.1) is 0 Å². The molecule has 0 bridgehead atoms. The number of para-hydroxylation sites is 1. The number of thiocarbonyl (C=S) groups is 1. The van der Waals surface area contributed by atoms with Crippen LogP contribution in [-0.2, 0) is 11.2 Å². The van der Waals surface area contributed by atoms with Crippen LogP contribution in [0.15, 0.2) is 95.7 Å². The molecule has 6 nitrogen and oxygen atoms in total. The molecule has 1 saturated heterocycles. The van der Waals surface area contributed by atoms with Gasteiger partial charge in [0.15, 0.2) is 5.11 Å². The zero-order chi connectivity index (χ0) is 25.8. The Kier molecular flexibility index (Phi) is 7.67. The van der Waals surface area contributed by atoms with Crippen molar-refractivity contribution in [3.05, 3.63) is 113 Å². The molecule has 2 N–H and O–H groups in total. The fourth-order valence-electron chi connectivity index (χ4n) is 4.83. The molecule has 1 aliphatic heterocycles. The van der Waals surface area contributed by atoms with Crippen molar-refractivity contribution < 1.29 is 4.79 Å². The molecule has 0 saturated carbocycles. The molecule has 1 fully saturated rings. The average Bonchev–Trinajstić information content (AvgIpc) is 3.53. The molecular weight excluding hydrogens is 546 g/mol. The van der Waals surface area contributed by atoms with Crippen LogP contribution in [0.25, 0.3) is 5.69 Å². The summed E-state index contributed by atoms with van der Waals surface area (Å²) in [7, 11) is 0. The molecule has 4 aromatic rings. The predicted molar refractivity (Wildman–Crippen MR) is 155 cm³/mol. The third-order valence-electron chi connectivity index (χ3n) is 6.64. The van der Waals surface area contributed by atoms with E-state index in [1.165, 1.54) is 0 Å². The van der Waals surface area contributed by atoms with Gasteiger partial charge in [0.05, 0.1) is 17.8 Å².